The number of hydrogen-bond acceptors (Lipinski definition) is 5. The van der Waals surface area contributed by atoms with Crippen molar-refractivity contribution >= 4 is 9.84 Å². The first kappa shape index (κ1) is 21.9. The van der Waals surface area contributed by atoms with Crippen LogP contribution in [0.2, 0.25) is 0 Å². The molecule has 0 radical (unpaired) electrons. The molecule has 30 heavy (non-hydrogen) atoms. The summed E-state index contributed by atoms with van der Waals surface area (Å²) in [7, 11) is 1.08. The molecule has 0 amide bonds. The summed E-state index contributed by atoms with van der Waals surface area (Å²) in [6.45, 7) is 7.98. The van der Waals surface area contributed by atoms with Crippen LogP contribution in [0.3, 0.4) is 0 Å². The monoisotopic (exact) mass is 428 g/mol. The summed E-state index contributed by atoms with van der Waals surface area (Å²) in [6, 6.07) is 12.4. The van der Waals surface area contributed by atoms with Gasteiger partial charge in [0.25, 0.3) is 0 Å². The summed E-state index contributed by atoms with van der Waals surface area (Å²) in [6.07, 6.45) is 0. The van der Waals surface area contributed by atoms with Gasteiger partial charge in [0.1, 0.15) is 17.3 Å². The molecule has 7 heteroatoms. The van der Waals surface area contributed by atoms with Gasteiger partial charge in [-0.1, -0.05) is 32.9 Å². The van der Waals surface area contributed by atoms with Crippen molar-refractivity contribution in [2.45, 2.75) is 43.0 Å². The van der Waals surface area contributed by atoms with Gasteiger partial charge in [-0.25, -0.2) is 13.4 Å². The van der Waals surface area contributed by atoms with Crippen molar-refractivity contribution < 1.29 is 17.9 Å². The van der Waals surface area contributed by atoms with E-state index in [9.17, 15) is 8.42 Å². The van der Waals surface area contributed by atoms with Crippen LogP contribution in [0, 0.1) is 6.92 Å². The summed E-state index contributed by atoms with van der Waals surface area (Å²) in [4.78, 5) is 4.80. The molecular formula is C23H28N2O4S. The van der Waals surface area contributed by atoms with Gasteiger partial charge >= 0.3 is 0 Å². The van der Waals surface area contributed by atoms with Crippen molar-refractivity contribution in [1.82, 2.24) is 9.55 Å². The molecule has 0 aliphatic rings. The zero-order chi connectivity index (χ0) is 22.3. The van der Waals surface area contributed by atoms with Gasteiger partial charge < -0.3 is 14.0 Å². The van der Waals surface area contributed by atoms with Crippen LogP contribution in [0.25, 0.3) is 11.4 Å². The van der Waals surface area contributed by atoms with Gasteiger partial charge in [-0.05, 0) is 48.2 Å². The number of sulfone groups is 1. The molecule has 3 aromatic rings. The molecule has 0 saturated carbocycles. The van der Waals surface area contributed by atoms with Crippen molar-refractivity contribution in [2.24, 2.45) is 7.05 Å². The van der Waals surface area contributed by atoms with Gasteiger partial charge in [0.05, 0.1) is 30.4 Å². The summed E-state index contributed by atoms with van der Waals surface area (Å²) >= 11 is 0. The van der Waals surface area contributed by atoms with Gasteiger partial charge in [0, 0.05) is 7.05 Å². The quantitative estimate of drug-likeness (QED) is 0.597. The standard InChI is InChI=1S/C23H28N2O4S/c1-15-22(30(26,27)18-11-8-16(9-12-18)23(2,3)4)25(5)21(24-15)19-14-17(28-6)10-13-20(19)29-7/h8-14H,1-7H3. The Hall–Kier alpha value is -2.80. The normalized spacial score (nSPS) is 12.1. The molecule has 1 heterocycles. The fourth-order valence-electron chi connectivity index (χ4n) is 3.47. The predicted octanol–water partition coefficient (Wildman–Crippen LogP) is 4.54. The van der Waals surface area contributed by atoms with Crippen molar-refractivity contribution in [3.8, 4) is 22.9 Å². The van der Waals surface area contributed by atoms with Crippen molar-refractivity contribution in [1.29, 1.82) is 0 Å². The van der Waals surface area contributed by atoms with Crippen LogP contribution < -0.4 is 9.47 Å². The van der Waals surface area contributed by atoms with Gasteiger partial charge in [-0.3, -0.25) is 0 Å². The molecule has 0 aliphatic carbocycles. The number of aryl methyl sites for hydroxylation is 1. The van der Waals surface area contributed by atoms with E-state index >= 15 is 0 Å². The van der Waals surface area contributed by atoms with Crippen LogP contribution in [-0.4, -0.2) is 32.2 Å². The van der Waals surface area contributed by atoms with Crippen LogP contribution in [0.15, 0.2) is 52.4 Å². The Morgan fingerprint density at radius 3 is 2.13 bits per heavy atom. The molecule has 0 bridgehead atoms. The molecule has 0 atom stereocenters. The minimum atomic E-state index is -3.76. The molecule has 160 valence electrons. The first-order chi connectivity index (χ1) is 14.0. The second-order valence-electron chi connectivity index (χ2n) is 8.23. The Kier molecular flexibility index (Phi) is 5.69. The number of methoxy groups -OCH3 is 2. The zero-order valence-corrected chi connectivity index (χ0v) is 19.3. The highest BCUT2D eigenvalue weighted by molar-refractivity contribution is 7.91. The Bertz CT molecular complexity index is 1170. The number of ether oxygens (including phenoxy) is 2. The highest BCUT2D eigenvalue weighted by Crippen LogP contribution is 2.36. The predicted molar refractivity (Wildman–Crippen MR) is 117 cm³/mol. The second kappa shape index (κ2) is 7.80. The zero-order valence-electron chi connectivity index (χ0n) is 18.5. The summed E-state index contributed by atoms with van der Waals surface area (Å²) < 4.78 is 39.3. The Morgan fingerprint density at radius 2 is 1.60 bits per heavy atom. The van der Waals surface area contributed by atoms with Crippen LogP contribution in [0.5, 0.6) is 11.5 Å². The molecule has 1 aromatic heterocycles. The number of rotatable bonds is 5. The summed E-state index contributed by atoms with van der Waals surface area (Å²) in [5.74, 6) is 1.71. The van der Waals surface area contributed by atoms with Crippen molar-refractivity contribution in [3.63, 3.8) is 0 Å². The van der Waals surface area contributed by atoms with E-state index in [-0.39, 0.29) is 15.3 Å². The lowest BCUT2D eigenvalue weighted by Crippen LogP contribution is -2.13. The first-order valence-electron chi connectivity index (χ1n) is 9.62. The van der Waals surface area contributed by atoms with E-state index < -0.39 is 9.84 Å². The Morgan fingerprint density at radius 1 is 0.967 bits per heavy atom. The highest BCUT2D eigenvalue weighted by Gasteiger charge is 2.28. The van der Waals surface area contributed by atoms with E-state index in [4.69, 9.17) is 9.47 Å². The number of nitrogens with zero attached hydrogens (tertiary/aromatic N) is 2. The van der Waals surface area contributed by atoms with Crippen LogP contribution in [0.1, 0.15) is 32.0 Å². The van der Waals surface area contributed by atoms with Gasteiger partial charge in [-0.15, -0.1) is 0 Å². The van der Waals surface area contributed by atoms with E-state index in [1.165, 1.54) is 0 Å². The van der Waals surface area contributed by atoms with Crippen molar-refractivity contribution in [2.75, 3.05) is 14.2 Å². The van der Waals surface area contributed by atoms with E-state index in [0.29, 0.717) is 28.6 Å². The van der Waals surface area contributed by atoms with Gasteiger partial charge in [0.15, 0.2) is 5.03 Å². The average Bonchev–Trinajstić information content (AvgIpc) is 3.01. The molecule has 6 nitrogen and oxygen atoms in total. The second-order valence-corrected chi connectivity index (χ2v) is 10.1. The highest BCUT2D eigenvalue weighted by atomic mass is 32.2. The number of aromatic nitrogens is 2. The molecule has 0 aliphatic heterocycles. The van der Waals surface area contributed by atoms with E-state index in [0.717, 1.165) is 5.56 Å². The van der Waals surface area contributed by atoms with Gasteiger partial charge in [-0.2, -0.15) is 0 Å². The molecular weight excluding hydrogens is 400 g/mol. The lowest BCUT2D eigenvalue weighted by atomic mass is 9.87. The van der Waals surface area contributed by atoms with Crippen LogP contribution in [0.4, 0.5) is 0 Å². The maximum absolute atomic E-state index is 13.4. The molecule has 3 rings (SSSR count). The molecule has 0 saturated heterocycles. The third-order valence-electron chi connectivity index (χ3n) is 5.14. The average molecular weight is 429 g/mol. The van der Waals surface area contributed by atoms with Crippen molar-refractivity contribution in [3.05, 3.63) is 53.7 Å². The van der Waals surface area contributed by atoms with E-state index in [1.54, 1.807) is 63.1 Å². The molecule has 0 fully saturated rings. The molecule has 0 spiro atoms. The van der Waals surface area contributed by atoms with E-state index in [1.807, 2.05) is 12.1 Å². The Balaban J connectivity index is 2.14. The maximum atomic E-state index is 13.4. The molecule has 2 aromatic carbocycles. The summed E-state index contributed by atoms with van der Waals surface area (Å²) in [5, 5.41) is 0.158. The smallest absolute Gasteiger partial charge is 0.223 e. The Labute approximate surface area is 178 Å². The first-order valence-corrected chi connectivity index (χ1v) is 11.1. The lowest BCUT2D eigenvalue weighted by Gasteiger charge is -2.19. The largest absolute Gasteiger partial charge is 0.497 e. The maximum Gasteiger partial charge on any atom is 0.223 e. The number of imidazole rings is 1. The topological polar surface area (TPSA) is 70.4 Å². The lowest BCUT2D eigenvalue weighted by molar-refractivity contribution is 0.404. The third-order valence-corrected chi connectivity index (χ3v) is 7.11. The van der Waals surface area contributed by atoms with Gasteiger partial charge in [0.2, 0.25) is 9.84 Å². The van der Waals surface area contributed by atoms with Crippen LogP contribution >= 0.6 is 0 Å². The summed E-state index contributed by atoms with van der Waals surface area (Å²) in [5.41, 5.74) is 2.11. The fraction of sp³-hybridized carbons (Fsp3) is 0.348. The minimum Gasteiger partial charge on any atom is -0.497 e. The number of hydrogen-bond donors (Lipinski definition) is 0. The van der Waals surface area contributed by atoms with E-state index in [2.05, 4.69) is 25.8 Å². The number of benzene rings is 2. The fourth-order valence-corrected chi connectivity index (χ4v) is 5.07. The third kappa shape index (κ3) is 3.81. The molecule has 0 unspecified atom stereocenters. The molecule has 0 N–H and O–H groups in total. The minimum absolute atomic E-state index is 0.0547. The SMILES string of the molecule is COc1ccc(OC)c(-c2nc(C)c(S(=O)(=O)c3ccc(C(C)(C)C)cc3)n2C)c1. The van der Waals surface area contributed by atoms with Crippen LogP contribution in [-0.2, 0) is 22.3 Å².